The monoisotopic (exact) mass is 391 g/mol. The predicted octanol–water partition coefficient (Wildman–Crippen LogP) is 6.43. The molecule has 28 heavy (non-hydrogen) atoms. The van der Waals surface area contributed by atoms with E-state index < -0.39 is 11.7 Å². The molecule has 4 heteroatoms. The SMILES string of the molecule is C=C(C)C#C[C@@H](C1CCCCC1)N1CCCC[C@@H]1C1C=CC(C(F)(F)F)=CC1. The second-order valence-corrected chi connectivity index (χ2v) is 8.61. The van der Waals surface area contributed by atoms with Crippen molar-refractivity contribution in [3.63, 3.8) is 0 Å². The molecule has 0 aromatic rings. The summed E-state index contributed by atoms with van der Waals surface area (Å²) in [6, 6.07) is 0.478. The van der Waals surface area contributed by atoms with Crippen molar-refractivity contribution in [3.05, 3.63) is 36.0 Å². The Bertz CT molecular complexity index is 670. The van der Waals surface area contributed by atoms with Crippen molar-refractivity contribution in [1.82, 2.24) is 4.90 Å². The molecule has 0 radical (unpaired) electrons. The Morgan fingerprint density at radius 3 is 2.46 bits per heavy atom. The molecule has 3 aliphatic rings. The molecule has 0 amide bonds. The third-order valence-corrected chi connectivity index (χ3v) is 6.43. The molecule has 0 spiro atoms. The zero-order valence-corrected chi connectivity index (χ0v) is 16.9. The van der Waals surface area contributed by atoms with Crippen LogP contribution in [0.1, 0.15) is 64.7 Å². The Morgan fingerprint density at radius 2 is 1.86 bits per heavy atom. The second kappa shape index (κ2) is 9.35. The molecule has 0 aromatic carbocycles. The molecule has 0 aromatic heterocycles. The fraction of sp³-hybridized carbons (Fsp3) is 0.667. The van der Waals surface area contributed by atoms with Gasteiger partial charge in [-0.3, -0.25) is 4.90 Å². The minimum atomic E-state index is -4.24. The van der Waals surface area contributed by atoms with Gasteiger partial charge in [-0.15, -0.1) is 0 Å². The first-order valence-electron chi connectivity index (χ1n) is 10.7. The van der Waals surface area contributed by atoms with Gasteiger partial charge in [0.25, 0.3) is 0 Å². The summed E-state index contributed by atoms with van der Waals surface area (Å²) in [6.07, 6.45) is 10.3. The quantitative estimate of drug-likeness (QED) is 0.501. The third kappa shape index (κ3) is 5.32. The van der Waals surface area contributed by atoms with Gasteiger partial charge in [0.05, 0.1) is 11.6 Å². The van der Waals surface area contributed by atoms with Crippen molar-refractivity contribution < 1.29 is 13.2 Å². The van der Waals surface area contributed by atoms with Gasteiger partial charge in [0.1, 0.15) is 0 Å². The highest BCUT2D eigenvalue weighted by Crippen LogP contribution is 2.38. The van der Waals surface area contributed by atoms with Crippen LogP contribution in [0, 0.1) is 23.7 Å². The van der Waals surface area contributed by atoms with Crippen LogP contribution in [0.2, 0.25) is 0 Å². The summed E-state index contributed by atoms with van der Waals surface area (Å²) >= 11 is 0. The molecule has 1 heterocycles. The highest BCUT2D eigenvalue weighted by molar-refractivity contribution is 5.30. The Balaban J connectivity index is 1.80. The zero-order chi connectivity index (χ0) is 20.1. The fourth-order valence-electron chi connectivity index (χ4n) is 5.04. The van der Waals surface area contributed by atoms with Crippen LogP contribution in [0.15, 0.2) is 36.0 Å². The lowest BCUT2D eigenvalue weighted by atomic mass is 9.79. The van der Waals surface area contributed by atoms with Crippen molar-refractivity contribution >= 4 is 0 Å². The van der Waals surface area contributed by atoms with Gasteiger partial charge in [-0.05, 0) is 63.0 Å². The number of hydrogen-bond acceptors (Lipinski definition) is 1. The Hall–Kier alpha value is -1.47. The average molecular weight is 392 g/mol. The summed E-state index contributed by atoms with van der Waals surface area (Å²) in [5, 5.41) is 0. The molecule has 1 saturated heterocycles. The van der Waals surface area contributed by atoms with Crippen LogP contribution in [-0.4, -0.2) is 29.7 Å². The summed E-state index contributed by atoms with van der Waals surface area (Å²) in [6.45, 7) is 6.87. The smallest absolute Gasteiger partial charge is 0.286 e. The molecule has 1 aliphatic heterocycles. The van der Waals surface area contributed by atoms with E-state index in [1.165, 1.54) is 44.3 Å². The fourth-order valence-corrected chi connectivity index (χ4v) is 5.04. The standard InChI is InChI=1S/C24H32F3N/c1-18(2)11-16-23(19-8-4-3-5-9-19)28-17-7-6-10-22(28)20-12-14-21(15-13-20)24(25,26)27/h12,14-15,19-20,22-23H,1,3-10,13,17H2,2H3/t20?,22-,23+/m1/s1. The zero-order valence-electron chi connectivity index (χ0n) is 16.9. The first-order chi connectivity index (χ1) is 13.4. The Labute approximate surface area is 167 Å². The molecule has 0 bridgehead atoms. The first-order valence-corrected chi connectivity index (χ1v) is 10.7. The van der Waals surface area contributed by atoms with Crippen LogP contribution in [0.4, 0.5) is 13.2 Å². The van der Waals surface area contributed by atoms with Crippen LogP contribution < -0.4 is 0 Å². The molecular weight excluding hydrogens is 359 g/mol. The van der Waals surface area contributed by atoms with E-state index in [0.29, 0.717) is 12.3 Å². The van der Waals surface area contributed by atoms with E-state index >= 15 is 0 Å². The van der Waals surface area contributed by atoms with Gasteiger partial charge in [-0.2, -0.15) is 13.2 Å². The van der Waals surface area contributed by atoms with E-state index in [1.54, 1.807) is 6.08 Å². The Kier molecular flexibility index (Phi) is 7.10. The number of nitrogens with zero attached hydrogens (tertiary/aromatic N) is 1. The van der Waals surface area contributed by atoms with Gasteiger partial charge < -0.3 is 0 Å². The maximum Gasteiger partial charge on any atom is 0.416 e. The lowest BCUT2D eigenvalue weighted by Gasteiger charge is -2.46. The summed E-state index contributed by atoms with van der Waals surface area (Å²) in [4.78, 5) is 2.54. The average Bonchev–Trinajstić information content (AvgIpc) is 2.68. The second-order valence-electron chi connectivity index (χ2n) is 8.61. The maximum absolute atomic E-state index is 13.0. The van der Waals surface area contributed by atoms with Gasteiger partial charge in [0.2, 0.25) is 0 Å². The molecule has 154 valence electrons. The van der Waals surface area contributed by atoms with Crippen molar-refractivity contribution in [2.75, 3.05) is 6.54 Å². The largest absolute Gasteiger partial charge is 0.416 e. The summed E-state index contributed by atoms with van der Waals surface area (Å²) in [5.74, 6) is 7.45. The van der Waals surface area contributed by atoms with Crippen molar-refractivity contribution in [3.8, 4) is 11.8 Å². The highest BCUT2D eigenvalue weighted by Gasteiger charge is 2.38. The predicted molar refractivity (Wildman–Crippen MR) is 109 cm³/mol. The lowest BCUT2D eigenvalue weighted by molar-refractivity contribution is -0.0889. The molecule has 3 atom stereocenters. The van der Waals surface area contributed by atoms with E-state index in [9.17, 15) is 13.2 Å². The number of piperidine rings is 1. The minimum absolute atomic E-state index is 0.143. The molecule has 2 aliphatic carbocycles. The van der Waals surface area contributed by atoms with Crippen LogP contribution in [0.25, 0.3) is 0 Å². The van der Waals surface area contributed by atoms with E-state index in [-0.39, 0.29) is 18.0 Å². The number of alkyl halides is 3. The summed E-state index contributed by atoms with van der Waals surface area (Å²) < 4.78 is 38.9. The van der Waals surface area contributed by atoms with Gasteiger partial charge in [0, 0.05) is 6.04 Å². The molecule has 2 fully saturated rings. The number of likely N-dealkylation sites (tertiary alicyclic amines) is 1. The number of rotatable bonds is 3. The first kappa shape index (κ1) is 21.2. The van der Waals surface area contributed by atoms with Crippen LogP contribution in [0.3, 0.4) is 0 Å². The van der Waals surface area contributed by atoms with Gasteiger partial charge in [-0.1, -0.05) is 62.3 Å². The van der Waals surface area contributed by atoms with Crippen molar-refractivity contribution in [1.29, 1.82) is 0 Å². The van der Waals surface area contributed by atoms with Crippen molar-refractivity contribution in [2.45, 2.75) is 83.0 Å². The van der Waals surface area contributed by atoms with Crippen molar-refractivity contribution in [2.24, 2.45) is 11.8 Å². The number of halogens is 3. The molecule has 3 rings (SSSR count). The van der Waals surface area contributed by atoms with Crippen LogP contribution in [-0.2, 0) is 0 Å². The van der Waals surface area contributed by atoms with E-state index in [1.807, 2.05) is 6.92 Å². The van der Waals surface area contributed by atoms with E-state index in [0.717, 1.165) is 31.4 Å². The van der Waals surface area contributed by atoms with Gasteiger partial charge in [-0.25, -0.2) is 0 Å². The molecule has 0 N–H and O–H groups in total. The normalized spacial score (nSPS) is 28.2. The topological polar surface area (TPSA) is 3.24 Å². The molecular formula is C24H32F3N. The summed E-state index contributed by atoms with van der Waals surface area (Å²) in [7, 11) is 0. The van der Waals surface area contributed by atoms with E-state index in [2.05, 4.69) is 23.3 Å². The third-order valence-electron chi connectivity index (χ3n) is 6.43. The minimum Gasteiger partial charge on any atom is -0.286 e. The molecule has 1 nitrogen and oxygen atoms in total. The molecule has 1 unspecified atom stereocenters. The van der Waals surface area contributed by atoms with Gasteiger partial charge in [0.15, 0.2) is 0 Å². The Morgan fingerprint density at radius 1 is 1.14 bits per heavy atom. The van der Waals surface area contributed by atoms with Crippen LogP contribution in [0.5, 0.6) is 0 Å². The highest BCUT2D eigenvalue weighted by atomic mass is 19.4. The van der Waals surface area contributed by atoms with Gasteiger partial charge >= 0.3 is 6.18 Å². The molecule has 1 saturated carbocycles. The lowest BCUT2D eigenvalue weighted by Crippen LogP contribution is -2.52. The maximum atomic E-state index is 13.0. The van der Waals surface area contributed by atoms with Crippen LogP contribution >= 0.6 is 0 Å². The number of allylic oxidation sites excluding steroid dienone is 4. The van der Waals surface area contributed by atoms with E-state index in [4.69, 9.17) is 0 Å². The summed E-state index contributed by atoms with van der Waals surface area (Å²) in [5.41, 5.74) is 0.377. The number of hydrogen-bond donors (Lipinski definition) is 0.